The standard InChI is InChI=1S/C18H26N6O/c1-12(10-15-11-13(2)22-23-15)19-18(25)21-16-6-7-17(20-14(16)3)24-8-4-5-9-24/h6-7,11-12H,4-5,8-10H2,1-3H3,(H,22,23)(H2,19,21,25)/t12-/m0/s1. The summed E-state index contributed by atoms with van der Waals surface area (Å²) in [6, 6.07) is 5.65. The smallest absolute Gasteiger partial charge is 0.319 e. The van der Waals surface area contributed by atoms with Crippen LogP contribution >= 0.6 is 0 Å². The SMILES string of the molecule is Cc1cc(C[C@H](C)NC(=O)Nc2ccc(N3CCCC3)nc2C)n[nH]1. The zero-order valence-corrected chi connectivity index (χ0v) is 15.1. The molecule has 0 radical (unpaired) electrons. The largest absolute Gasteiger partial charge is 0.357 e. The van der Waals surface area contributed by atoms with Crippen LogP contribution in [0.15, 0.2) is 18.2 Å². The average molecular weight is 342 g/mol. The van der Waals surface area contributed by atoms with Crippen molar-refractivity contribution < 1.29 is 4.79 Å². The lowest BCUT2D eigenvalue weighted by molar-refractivity contribution is 0.249. The van der Waals surface area contributed by atoms with Crippen LogP contribution < -0.4 is 15.5 Å². The molecule has 3 rings (SSSR count). The summed E-state index contributed by atoms with van der Waals surface area (Å²) in [5, 5.41) is 12.9. The van der Waals surface area contributed by atoms with Crippen LogP contribution in [0.5, 0.6) is 0 Å². The Morgan fingerprint density at radius 2 is 2.08 bits per heavy atom. The molecule has 1 atom stereocenters. The molecule has 7 heteroatoms. The molecular weight excluding hydrogens is 316 g/mol. The highest BCUT2D eigenvalue weighted by Crippen LogP contribution is 2.22. The third kappa shape index (κ3) is 4.49. The molecule has 0 unspecified atom stereocenters. The number of amides is 2. The predicted molar refractivity (Wildman–Crippen MR) is 99.1 cm³/mol. The normalized spacial score (nSPS) is 15.2. The molecular formula is C18H26N6O. The number of carbonyl (C=O) groups is 1. The van der Waals surface area contributed by atoms with Crippen LogP contribution in [0.3, 0.4) is 0 Å². The Hall–Kier alpha value is -2.57. The predicted octanol–water partition coefficient (Wildman–Crippen LogP) is 2.77. The van der Waals surface area contributed by atoms with Crippen LogP contribution in [0, 0.1) is 13.8 Å². The van der Waals surface area contributed by atoms with Gasteiger partial charge in [0.25, 0.3) is 0 Å². The zero-order valence-electron chi connectivity index (χ0n) is 15.1. The summed E-state index contributed by atoms with van der Waals surface area (Å²) in [4.78, 5) is 19.1. The number of anilines is 2. The molecule has 0 spiro atoms. The molecule has 1 saturated heterocycles. The van der Waals surface area contributed by atoms with Gasteiger partial charge in [0.05, 0.1) is 17.1 Å². The van der Waals surface area contributed by atoms with Crippen molar-refractivity contribution in [2.75, 3.05) is 23.3 Å². The van der Waals surface area contributed by atoms with Gasteiger partial charge < -0.3 is 15.5 Å². The van der Waals surface area contributed by atoms with Gasteiger partial charge in [0.1, 0.15) is 5.82 Å². The van der Waals surface area contributed by atoms with Gasteiger partial charge in [-0.3, -0.25) is 5.10 Å². The number of aromatic amines is 1. The third-order valence-electron chi connectivity index (χ3n) is 4.40. The summed E-state index contributed by atoms with van der Waals surface area (Å²) in [5.74, 6) is 0.989. The number of pyridine rings is 1. The van der Waals surface area contributed by atoms with Crippen LogP contribution in [-0.2, 0) is 6.42 Å². The maximum atomic E-state index is 12.2. The molecule has 25 heavy (non-hydrogen) atoms. The molecule has 0 aromatic carbocycles. The number of H-pyrrole nitrogens is 1. The number of nitrogens with zero attached hydrogens (tertiary/aromatic N) is 3. The van der Waals surface area contributed by atoms with E-state index in [2.05, 4.69) is 30.7 Å². The number of aromatic nitrogens is 3. The van der Waals surface area contributed by atoms with Crippen LogP contribution in [-0.4, -0.2) is 40.3 Å². The first-order valence-corrected chi connectivity index (χ1v) is 8.82. The van der Waals surface area contributed by atoms with E-state index in [9.17, 15) is 4.79 Å². The van der Waals surface area contributed by atoms with E-state index in [-0.39, 0.29) is 12.1 Å². The second-order valence-electron chi connectivity index (χ2n) is 6.74. The molecule has 134 valence electrons. The van der Waals surface area contributed by atoms with Gasteiger partial charge >= 0.3 is 6.03 Å². The topological polar surface area (TPSA) is 85.9 Å². The number of rotatable bonds is 5. The highest BCUT2D eigenvalue weighted by atomic mass is 16.2. The lowest BCUT2D eigenvalue weighted by Gasteiger charge is -2.18. The molecule has 0 saturated carbocycles. The van der Waals surface area contributed by atoms with Crippen molar-refractivity contribution in [1.29, 1.82) is 0 Å². The quantitative estimate of drug-likeness (QED) is 0.780. The average Bonchev–Trinajstić information content (AvgIpc) is 3.21. The van der Waals surface area contributed by atoms with E-state index < -0.39 is 0 Å². The summed E-state index contributed by atoms with van der Waals surface area (Å²) in [6.45, 7) is 7.97. The van der Waals surface area contributed by atoms with Crippen LogP contribution in [0.1, 0.15) is 36.8 Å². The molecule has 0 aliphatic carbocycles. The fourth-order valence-electron chi connectivity index (χ4n) is 3.13. The molecule has 1 fully saturated rings. The van der Waals surface area contributed by atoms with E-state index in [4.69, 9.17) is 0 Å². The van der Waals surface area contributed by atoms with E-state index in [0.29, 0.717) is 6.42 Å². The van der Waals surface area contributed by atoms with Crippen LogP contribution in [0.2, 0.25) is 0 Å². The van der Waals surface area contributed by atoms with Gasteiger partial charge in [0.2, 0.25) is 0 Å². The fourth-order valence-corrected chi connectivity index (χ4v) is 3.13. The van der Waals surface area contributed by atoms with Crippen molar-refractivity contribution in [3.63, 3.8) is 0 Å². The minimum absolute atomic E-state index is 0.0140. The van der Waals surface area contributed by atoms with Gasteiger partial charge in [-0.2, -0.15) is 5.10 Å². The summed E-state index contributed by atoms with van der Waals surface area (Å²) < 4.78 is 0. The minimum atomic E-state index is -0.224. The number of aryl methyl sites for hydroxylation is 2. The second kappa shape index (κ2) is 7.55. The van der Waals surface area contributed by atoms with Gasteiger partial charge in [-0.15, -0.1) is 0 Å². The third-order valence-corrected chi connectivity index (χ3v) is 4.40. The first-order chi connectivity index (χ1) is 12.0. The van der Waals surface area contributed by atoms with Crippen molar-refractivity contribution in [3.8, 4) is 0 Å². The molecule has 2 aromatic heterocycles. The minimum Gasteiger partial charge on any atom is -0.357 e. The molecule has 7 nitrogen and oxygen atoms in total. The maximum Gasteiger partial charge on any atom is 0.319 e. The van der Waals surface area contributed by atoms with E-state index in [1.807, 2.05) is 39.0 Å². The van der Waals surface area contributed by atoms with Crippen LogP contribution in [0.4, 0.5) is 16.3 Å². The Kier molecular flexibility index (Phi) is 5.21. The summed E-state index contributed by atoms with van der Waals surface area (Å²) in [6.07, 6.45) is 3.12. The van der Waals surface area contributed by atoms with Gasteiger partial charge in [-0.25, -0.2) is 9.78 Å². The Morgan fingerprint density at radius 3 is 2.72 bits per heavy atom. The zero-order chi connectivity index (χ0) is 17.8. The number of carbonyl (C=O) groups excluding carboxylic acids is 1. The van der Waals surface area contributed by atoms with Gasteiger partial charge in [-0.1, -0.05) is 0 Å². The lowest BCUT2D eigenvalue weighted by Crippen LogP contribution is -2.37. The first kappa shape index (κ1) is 17.3. The Labute approximate surface area is 148 Å². The highest BCUT2D eigenvalue weighted by molar-refractivity contribution is 5.90. The highest BCUT2D eigenvalue weighted by Gasteiger charge is 2.15. The van der Waals surface area contributed by atoms with E-state index in [0.717, 1.165) is 41.7 Å². The molecule has 2 aromatic rings. The molecule has 1 aliphatic heterocycles. The number of urea groups is 1. The van der Waals surface area contributed by atoms with Gasteiger partial charge in [0, 0.05) is 31.2 Å². The van der Waals surface area contributed by atoms with E-state index in [1.165, 1.54) is 12.8 Å². The summed E-state index contributed by atoms with van der Waals surface area (Å²) in [7, 11) is 0. The molecule has 3 N–H and O–H groups in total. The second-order valence-corrected chi connectivity index (χ2v) is 6.74. The fraction of sp³-hybridized carbons (Fsp3) is 0.500. The van der Waals surface area contributed by atoms with Crippen LogP contribution in [0.25, 0.3) is 0 Å². The maximum absolute atomic E-state index is 12.2. The number of nitrogens with one attached hydrogen (secondary N) is 3. The Bertz CT molecular complexity index is 735. The van der Waals surface area contributed by atoms with Crippen molar-refractivity contribution >= 4 is 17.5 Å². The molecule has 3 heterocycles. The summed E-state index contributed by atoms with van der Waals surface area (Å²) >= 11 is 0. The summed E-state index contributed by atoms with van der Waals surface area (Å²) in [5.41, 5.74) is 3.53. The van der Waals surface area contributed by atoms with Crippen molar-refractivity contribution in [2.24, 2.45) is 0 Å². The van der Waals surface area contributed by atoms with Gasteiger partial charge in [-0.05, 0) is 51.8 Å². The van der Waals surface area contributed by atoms with E-state index in [1.54, 1.807) is 0 Å². The molecule has 1 aliphatic rings. The number of hydrogen-bond donors (Lipinski definition) is 3. The van der Waals surface area contributed by atoms with Crippen molar-refractivity contribution in [1.82, 2.24) is 20.5 Å². The Morgan fingerprint density at radius 1 is 1.32 bits per heavy atom. The van der Waals surface area contributed by atoms with Crippen molar-refractivity contribution in [2.45, 2.75) is 46.1 Å². The van der Waals surface area contributed by atoms with Crippen molar-refractivity contribution in [3.05, 3.63) is 35.3 Å². The monoisotopic (exact) mass is 342 g/mol. The molecule has 0 bridgehead atoms. The van der Waals surface area contributed by atoms with E-state index >= 15 is 0 Å². The lowest BCUT2D eigenvalue weighted by atomic mass is 10.2. The van der Waals surface area contributed by atoms with Gasteiger partial charge in [0.15, 0.2) is 0 Å². The number of hydrogen-bond acceptors (Lipinski definition) is 4. The Balaban J connectivity index is 1.55. The first-order valence-electron chi connectivity index (χ1n) is 8.82. The molecule has 2 amide bonds.